The first kappa shape index (κ1) is 15.8. The minimum atomic E-state index is -3.03. The van der Waals surface area contributed by atoms with Crippen LogP contribution in [0.1, 0.15) is 36.0 Å². The first-order valence-electron chi connectivity index (χ1n) is 7.42. The Balaban J connectivity index is 1.87. The highest BCUT2D eigenvalue weighted by molar-refractivity contribution is 7.98. The molecule has 0 aromatic carbocycles. The average molecular weight is 340 g/mol. The van der Waals surface area contributed by atoms with Crippen LogP contribution in [-0.4, -0.2) is 54.1 Å². The molecule has 0 radical (unpaired) electrons. The van der Waals surface area contributed by atoms with E-state index in [1.54, 1.807) is 12.3 Å². The Hall–Kier alpha value is -1.08. The Morgan fingerprint density at radius 1 is 1.32 bits per heavy atom. The monoisotopic (exact) mass is 340 g/mol. The molecule has 0 saturated carbocycles. The summed E-state index contributed by atoms with van der Waals surface area (Å²) in [6, 6.07) is 3.67. The van der Waals surface area contributed by atoms with Crippen molar-refractivity contribution in [2.24, 2.45) is 0 Å². The van der Waals surface area contributed by atoms with E-state index < -0.39 is 9.84 Å². The minimum Gasteiger partial charge on any atom is -0.333 e. The number of carbonyl (C=O) groups excluding carboxylic acids is 1. The summed E-state index contributed by atoms with van der Waals surface area (Å²) in [7, 11) is -3.03. The summed E-state index contributed by atoms with van der Waals surface area (Å²) in [5, 5.41) is 0.431. The first-order valence-corrected chi connectivity index (χ1v) is 10.6. The molecule has 2 fully saturated rings. The first-order chi connectivity index (χ1) is 10.4. The lowest BCUT2D eigenvalue weighted by Gasteiger charge is -2.38. The van der Waals surface area contributed by atoms with Crippen LogP contribution < -0.4 is 0 Å². The van der Waals surface area contributed by atoms with E-state index in [2.05, 4.69) is 4.98 Å². The number of piperidine rings is 1. The van der Waals surface area contributed by atoms with E-state index in [4.69, 9.17) is 0 Å². The van der Waals surface area contributed by atoms with Gasteiger partial charge in [-0.05, 0) is 44.1 Å². The van der Waals surface area contributed by atoms with Crippen molar-refractivity contribution in [2.45, 2.75) is 48.0 Å². The van der Waals surface area contributed by atoms with E-state index in [1.165, 1.54) is 18.0 Å². The molecule has 3 rings (SSSR count). The Labute approximate surface area is 135 Å². The molecule has 2 atom stereocenters. The lowest BCUT2D eigenvalue weighted by Crippen LogP contribution is -2.49. The number of hydrogen-bond donors (Lipinski definition) is 0. The number of fused-ring (bicyclic) bond motifs is 2. The number of nitrogens with zero attached hydrogens (tertiary/aromatic N) is 2. The molecule has 2 aliphatic heterocycles. The van der Waals surface area contributed by atoms with Crippen molar-refractivity contribution in [1.29, 1.82) is 0 Å². The van der Waals surface area contributed by atoms with Gasteiger partial charge in [-0.3, -0.25) is 4.79 Å². The van der Waals surface area contributed by atoms with Crippen molar-refractivity contribution in [3.05, 3.63) is 23.9 Å². The molecule has 120 valence electrons. The average Bonchev–Trinajstić information content (AvgIpc) is 2.75. The summed E-state index contributed by atoms with van der Waals surface area (Å²) in [6.45, 7) is 0. The number of amides is 1. The molecule has 5 nitrogen and oxygen atoms in total. The molecule has 2 bridgehead atoms. The topological polar surface area (TPSA) is 67.3 Å². The van der Waals surface area contributed by atoms with Gasteiger partial charge in [-0.1, -0.05) is 0 Å². The fourth-order valence-corrected chi connectivity index (χ4v) is 5.35. The van der Waals surface area contributed by atoms with Crippen LogP contribution in [-0.2, 0) is 9.84 Å². The maximum absolute atomic E-state index is 12.9. The second kappa shape index (κ2) is 5.85. The van der Waals surface area contributed by atoms with Crippen LogP contribution in [0.15, 0.2) is 23.4 Å². The molecule has 2 saturated heterocycles. The van der Waals surface area contributed by atoms with Gasteiger partial charge in [0.2, 0.25) is 0 Å². The minimum absolute atomic E-state index is 0.00287. The summed E-state index contributed by atoms with van der Waals surface area (Å²) < 4.78 is 23.7. The third-order valence-electron chi connectivity index (χ3n) is 4.72. The number of carbonyl (C=O) groups is 1. The van der Waals surface area contributed by atoms with Crippen LogP contribution in [0, 0.1) is 0 Å². The van der Waals surface area contributed by atoms with Gasteiger partial charge in [0.15, 0.2) is 0 Å². The molecule has 22 heavy (non-hydrogen) atoms. The normalized spacial score (nSPS) is 27.9. The summed E-state index contributed by atoms with van der Waals surface area (Å²) in [5.41, 5.74) is 0.629. The molecule has 1 aromatic heterocycles. The molecule has 7 heteroatoms. The van der Waals surface area contributed by atoms with Crippen LogP contribution in [0.3, 0.4) is 0 Å². The summed E-state index contributed by atoms with van der Waals surface area (Å²) in [6.07, 6.45) is 7.83. The van der Waals surface area contributed by atoms with Crippen LogP contribution >= 0.6 is 11.8 Å². The second-order valence-corrected chi connectivity index (χ2v) is 9.20. The van der Waals surface area contributed by atoms with E-state index >= 15 is 0 Å². The van der Waals surface area contributed by atoms with Crippen molar-refractivity contribution in [3.8, 4) is 0 Å². The largest absolute Gasteiger partial charge is 0.333 e. The van der Waals surface area contributed by atoms with E-state index in [1.807, 2.05) is 17.2 Å². The number of thioether (sulfide) groups is 1. The number of pyridine rings is 1. The Morgan fingerprint density at radius 3 is 2.50 bits per heavy atom. The fraction of sp³-hybridized carbons (Fsp3) is 0.600. The zero-order valence-electron chi connectivity index (χ0n) is 12.7. The van der Waals surface area contributed by atoms with E-state index in [0.29, 0.717) is 18.4 Å². The molecule has 1 amide bonds. The molecule has 2 aliphatic rings. The smallest absolute Gasteiger partial charge is 0.257 e. The van der Waals surface area contributed by atoms with Crippen molar-refractivity contribution in [1.82, 2.24) is 9.88 Å². The zero-order chi connectivity index (χ0) is 15.9. The van der Waals surface area contributed by atoms with Gasteiger partial charge in [0.05, 0.1) is 10.8 Å². The van der Waals surface area contributed by atoms with Crippen LogP contribution in [0.25, 0.3) is 0 Å². The predicted molar refractivity (Wildman–Crippen MR) is 86.9 cm³/mol. The predicted octanol–water partition coefficient (Wildman–Crippen LogP) is 1.98. The Morgan fingerprint density at radius 2 is 1.95 bits per heavy atom. The highest BCUT2D eigenvalue weighted by atomic mass is 32.2. The number of sulfone groups is 1. The quantitative estimate of drug-likeness (QED) is 0.787. The maximum atomic E-state index is 12.9. The molecular weight excluding hydrogens is 320 g/mol. The highest BCUT2D eigenvalue weighted by Gasteiger charge is 2.46. The van der Waals surface area contributed by atoms with E-state index in [9.17, 15) is 13.2 Å². The lowest BCUT2D eigenvalue weighted by molar-refractivity contribution is 0.0594. The fourth-order valence-electron chi connectivity index (χ4n) is 3.66. The zero-order valence-corrected chi connectivity index (χ0v) is 14.4. The SMILES string of the molecule is CSc1ncccc1C(=O)N1C2CCC1CC(S(C)(=O)=O)C2. The molecule has 0 spiro atoms. The Kier molecular flexibility index (Phi) is 4.20. The Bertz CT molecular complexity index is 676. The number of rotatable bonds is 3. The highest BCUT2D eigenvalue weighted by Crippen LogP contribution is 2.39. The van der Waals surface area contributed by atoms with Gasteiger partial charge < -0.3 is 4.90 Å². The molecule has 0 N–H and O–H groups in total. The number of aromatic nitrogens is 1. The van der Waals surface area contributed by atoms with Crippen LogP contribution in [0.4, 0.5) is 0 Å². The van der Waals surface area contributed by atoms with E-state index in [0.717, 1.165) is 17.9 Å². The third kappa shape index (κ3) is 2.76. The summed E-state index contributed by atoms with van der Waals surface area (Å²) >= 11 is 1.46. The van der Waals surface area contributed by atoms with E-state index in [-0.39, 0.29) is 23.2 Å². The summed E-state index contributed by atoms with van der Waals surface area (Å²) in [5.74, 6) is -0.00287. The summed E-state index contributed by atoms with van der Waals surface area (Å²) in [4.78, 5) is 19.1. The van der Waals surface area contributed by atoms with Gasteiger partial charge in [-0.25, -0.2) is 13.4 Å². The van der Waals surface area contributed by atoms with Crippen molar-refractivity contribution >= 4 is 27.5 Å². The van der Waals surface area contributed by atoms with Gasteiger partial charge in [0.1, 0.15) is 14.9 Å². The molecule has 0 aliphatic carbocycles. The third-order valence-corrected chi connectivity index (χ3v) is 7.03. The van der Waals surface area contributed by atoms with Crippen LogP contribution in [0.2, 0.25) is 0 Å². The standard InChI is InChI=1S/C15H20N2O3S2/c1-21-14-13(4-3-7-16-14)15(18)17-10-5-6-11(17)9-12(8-10)22(2,19)20/h3-4,7,10-12H,5-6,8-9H2,1-2H3. The maximum Gasteiger partial charge on any atom is 0.257 e. The van der Waals surface area contributed by atoms with Gasteiger partial charge >= 0.3 is 0 Å². The number of hydrogen-bond acceptors (Lipinski definition) is 5. The lowest BCUT2D eigenvalue weighted by atomic mass is 10.0. The van der Waals surface area contributed by atoms with Crippen molar-refractivity contribution < 1.29 is 13.2 Å². The molecular formula is C15H20N2O3S2. The van der Waals surface area contributed by atoms with Gasteiger partial charge in [-0.15, -0.1) is 11.8 Å². The van der Waals surface area contributed by atoms with Gasteiger partial charge in [-0.2, -0.15) is 0 Å². The van der Waals surface area contributed by atoms with Crippen molar-refractivity contribution in [3.63, 3.8) is 0 Å². The van der Waals surface area contributed by atoms with Gasteiger partial charge in [0.25, 0.3) is 5.91 Å². The second-order valence-electron chi connectivity index (χ2n) is 6.08. The molecule has 2 unspecified atom stereocenters. The molecule has 3 heterocycles. The van der Waals surface area contributed by atoms with Gasteiger partial charge in [0, 0.05) is 24.5 Å². The van der Waals surface area contributed by atoms with Crippen molar-refractivity contribution in [2.75, 3.05) is 12.5 Å². The molecule has 1 aromatic rings. The van der Waals surface area contributed by atoms with Crippen LogP contribution in [0.5, 0.6) is 0 Å².